The van der Waals surface area contributed by atoms with Gasteiger partial charge in [-0.2, -0.15) is 0 Å². The maximum atomic E-state index is 13.7. The van der Waals surface area contributed by atoms with Crippen LogP contribution in [0.2, 0.25) is 0 Å². The van der Waals surface area contributed by atoms with Gasteiger partial charge in [-0.15, -0.1) is 0 Å². The molecule has 3 N–H and O–H groups in total. The Hall–Kier alpha value is -3.54. The van der Waals surface area contributed by atoms with E-state index in [1.807, 2.05) is 61.7 Å². The average molecular weight is 401 g/mol. The zero-order valence-corrected chi connectivity index (χ0v) is 16.9. The number of anilines is 2. The number of ether oxygens (including phenoxy) is 1. The lowest BCUT2D eigenvalue weighted by molar-refractivity contribution is -0.151. The van der Waals surface area contributed by atoms with E-state index in [9.17, 15) is 9.59 Å². The van der Waals surface area contributed by atoms with Gasteiger partial charge in [0.05, 0.1) is 24.5 Å². The first-order chi connectivity index (χ1) is 14.6. The molecule has 0 saturated heterocycles. The molecule has 3 aromatic rings. The van der Waals surface area contributed by atoms with Crippen molar-refractivity contribution in [3.05, 3.63) is 71.6 Å². The number of aromatic amines is 1. The lowest BCUT2D eigenvalue weighted by Crippen LogP contribution is -2.39. The molecule has 0 saturated carbocycles. The number of rotatable bonds is 2. The van der Waals surface area contributed by atoms with Crippen molar-refractivity contribution in [3.8, 4) is 0 Å². The fourth-order valence-corrected chi connectivity index (χ4v) is 4.70. The molecule has 6 heteroatoms. The van der Waals surface area contributed by atoms with Crippen molar-refractivity contribution in [3.63, 3.8) is 0 Å². The van der Waals surface area contributed by atoms with Crippen LogP contribution in [0, 0.1) is 11.8 Å². The molecule has 3 atom stereocenters. The molecule has 0 spiro atoms. The number of para-hydroxylation sites is 3. The van der Waals surface area contributed by atoms with E-state index < -0.39 is 11.9 Å². The van der Waals surface area contributed by atoms with Gasteiger partial charge in [-0.05, 0) is 30.5 Å². The predicted molar refractivity (Wildman–Crippen MR) is 116 cm³/mol. The highest BCUT2D eigenvalue weighted by molar-refractivity contribution is 6.11. The van der Waals surface area contributed by atoms with Gasteiger partial charge in [-0.3, -0.25) is 9.59 Å². The van der Waals surface area contributed by atoms with Gasteiger partial charge in [0, 0.05) is 33.9 Å². The summed E-state index contributed by atoms with van der Waals surface area (Å²) in [6.07, 6.45) is 2.54. The lowest BCUT2D eigenvalue weighted by atomic mass is 9.75. The number of methoxy groups -OCH3 is 1. The number of Topliss-reactive ketones (excluding diaryl/α,β-unsaturated/α-hetero) is 1. The first-order valence-electron chi connectivity index (χ1n) is 10.1. The third kappa shape index (κ3) is 2.79. The minimum Gasteiger partial charge on any atom is -0.468 e. The van der Waals surface area contributed by atoms with Crippen LogP contribution >= 0.6 is 0 Å². The van der Waals surface area contributed by atoms with Crippen LogP contribution in [-0.2, 0) is 14.3 Å². The Bertz CT molecular complexity index is 1190. The second-order valence-electron chi connectivity index (χ2n) is 7.98. The molecule has 1 aliphatic carbocycles. The smallest absolute Gasteiger partial charge is 0.316 e. The summed E-state index contributed by atoms with van der Waals surface area (Å²) in [5, 5.41) is 8.08. The number of allylic oxidation sites excluding steroid dienone is 1. The highest BCUT2D eigenvalue weighted by atomic mass is 16.5. The summed E-state index contributed by atoms with van der Waals surface area (Å²) in [7, 11) is 1.34. The summed E-state index contributed by atoms with van der Waals surface area (Å²) < 4.78 is 4.97. The van der Waals surface area contributed by atoms with Crippen LogP contribution in [0.3, 0.4) is 0 Å². The van der Waals surface area contributed by atoms with Gasteiger partial charge >= 0.3 is 5.97 Å². The van der Waals surface area contributed by atoms with Crippen LogP contribution in [0.1, 0.15) is 24.9 Å². The van der Waals surface area contributed by atoms with Crippen molar-refractivity contribution in [1.29, 1.82) is 0 Å². The Kier molecular flexibility index (Phi) is 4.35. The zero-order valence-electron chi connectivity index (χ0n) is 16.9. The number of carbonyl (C=O) groups is 2. The Morgan fingerprint density at radius 1 is 1.07 bits per heavy atom. The molecule has 0 fully saturated rings. The molecule has 1 aliphatic heterocycles. The molecule has 2 aliphatic rings. The number of esters is 1. The summed E-state index contributed by atoms with van der Waals surface area (Å²) in [5.41, 5.74) is 5.28. The molecular weight excluding hydrogens is 378 g/mol. The molecule has 30 heavy (non-hydrogen) atoms. The molecule has 152 valence electrons. The molecule has 1 aromatic heterocycles. The first kappa shape index (κ1) is 18.5. The van der Waals surface area contributed by atoms with Crippen molar-refractivity contribution in [2.45, 2.75) is 19.4 Å². The van der Waals surface area contributed by atoms with Gasteiger partial charge < -0.3 is 20.4 Å². The summed E-state index contributed by atoms with van der Waals surface area (Å²) >= 11 is 0. The fraction of sp³-hybridized carbons (Fsp3) is 0.250. The molecule has 0 unspecified atom stereocenters. The molecule has 0 radical (unpaired) electrons. The van der Waals surface area contributed by atoms with Crippen molar-refractivity contribution >= 4 is 34.0 Å². The van der Waals surface area contributed by atoms with Gasteiger partial charge in [-0.1, -0.05) is 37.3 Å². The Morgan fingerprint density at radius 2 is 1.80 bits per heavy atom. The molecule has 2 heterocycles. The van der Waals surface area contributed by atoms with E-state index in [0.717, 1.165) is 33.5 Å². The van der Waals surface area contributed by atoms with Gasteiger partial charge in [0.2, 0.25) is 0 Å². The van der Waals surface area contributed by atoms with Crippen molar-refractivity contribution in [1.82, 2.24) is 4.98 Å². The van der Waals surface area contributed by atoms with E-state index in [1.54, 1.807) is 0 Å². The third-order valence-corrected chi connectivity index (χ3v) is 6.16. The summed E-state index contributed by atoms with van der Waals surface area (Å²) in [5.74, 6) is -1.60. The number of ketones is 1. The highest BCUT2D eigenvalue weighted by Gasteiger charge is 2.44. The van der Waals surface area contributed by atoms with Crippen LogP contribution < -0.4 is 10.6 Å². The second kappa shape index (κ2) is 7.06. The SMILES string of the molecule is COC(=O)[C@@H]1C(=O)C2=C(C[C@H]1C)Nc1ccccc1N[C@H]2c1c[nH]c2ccccc12. The van der Waals surface area contributed by atoms with E-state index >= 15 is 0 Å². The van der Waals surface area contributed by atoms with Crippen LogP contribution in [0.5, 0.6) is 0 Å². The molecule has 5 rings (SSSR count). The quantitative estimate of drug-likeness (QED) is 0.438. The minimum absolute atomic E-state index is 0.148. The summed E-state index contributed by atoms with van der Waals surface area (Å²) in [6, 6.07) is 15.5. The van der Waals surface area contributed by atoms with Gasteiger partial charge in [0.1, 0.15) is 5.92 Å². The van der Waals surface area contributed by atoms with E-state index in [-0.39, 0.29) is 17.7 Å². The summed E-state index contributed by atoms with van der Waals surface area (Å²) in [6.45, 7) is 1.93. The number of H-pyrrole nitrogens is 1. The Labute approximate surface area is 174 Å². The molecule has 2 aromatic carbocycles. The number of hydrogen-bond donors (Lipinski definition) is 3. The molecular formula is C24H23N3O3. The molecule has 0 amide bonds. The standard InChI is InChI=1S/C24H23N3O3/c1-13-11-19-21(23(28)20(13)24(29)30-2)22(27-18-10-6-5-9-17(18)26-19)15-12-25-16-8-4-3-7-14(15)16/h3-10,12-13,20,22,25-27H,11H2,1-2H3/t13-,20+,22+/m1/s1. The van der Waals surface area contributed by atoms with Gasteiger partial charge in [0.15, 0.2) is 5.78 Å². The van der Waals surface area contributed by atoms with Crippen LogP contribution in [0.4, 0.5) is 11.4 Å². The van der Waals surface area contributed by atoms with Crippen molar-refractivity contribution in [2.75, 3.05) is 17.7 Å². The van der Waals surface area contributed by atoms with Crippen LogP contribution in [0.15, 0.2) is 66.0 Å². The number of hydrogen-bond acceptors (Lipinski definition) is 5. The zero-order chi connectivity index (χ0) is 20.8. The molecule has 6 nitrogen and oxygen atoms in total. The third-order valence-electron chi connectivity index (χ3n) is 6.16. The predicted octanol–water partition coefficient (Wildman–Crippen LogP) is 4.40. The van der Waals surface area contributed by atoms with Crippen LogP contribution in [-0.4, -0.2) is 23.8 Å². The van der Waals surface area contributed by atoms with Crippen LogP contribution in [0.25, 0.3) is 10.9 Å². The Balaban J connectivity index is 1.71. The number of nitrogens with one attached hydrogen (secondary N) is 3. The number of fused-ring (bicyclic) bond motifs is 2. The fourth-order valence-electron chi connectivity index (χ4n) is 4.70. The largest absolute Gasteiger partial charge is 0.468 e. The maximum absolute atomic E-state index is 13.7. The van der Waals surface area contributed by atoms with Gasteiger partial charge in [0.25, 0.3) is 0 Å². The number of carbonyl (C=O) groups excluding carboxylic acids is 2. The van der Waals surface area contributed by atoms with Crippen molar-refractivity contribution < 1.29 is 14.3 Å². The van der Waals surface area contributed by atoms with Crippen molar-refractivity contribution in [2.24, 2.45) is 11.8 Å². The normalized spacial score (nSPS) is 23.1. The first-order valence-corrected chi connectivity index (χ1v) is 10.1. The maximum Gasteiger partial charge on any atom is 0.316 e. The topological polar surface area (TPSA) is 83.2 Å². The van der Waals surface area contributed by atoms with E-state index in [0.29, 0.717) is 12.0 Å². The number of benzene rings is 2. The van der Waals surface area contributed by atoms with Gasteiger partial charge in [-0.25, -0.2) is 0 Å². The van der Waals surface area contributed by atoms with E-state index in [2.05, 4.69) is 15.6 Å². The van der Waals surface area contributed by atoms with E-state index in [1.165, 1.54) is 7.11 Å². The Morgan fingerprint density at radius 3 is 2.60 bits per heavy atom. The highest BCUT2D eigenvalue weighted by Crippen LogP contribution is 2.44. The monoisotopic (exact) mass is 401 g/mol. The summed E-state index contributed by atoms with van der Waals surface area (Å²) in [4.78, 5) is 29.4. The average Bonchev–Trinajstić information content (AvgIpc) is 3.10. The molecule has 0 bridgehead atoms. The second-order valence-corrected chi connectivity index (χ2v) is 7.98. The number of aromatic nitrogens is 1. The lowest BCUT2D eigenvalue weighted by Gasteiger charge is -2.32. The minimum atomic E-state index is -0.800. The van der Waals surface area contributed by atoms with E-state index in [4.69, 9.17) is 4.74 Å².